The molecule has 0 bridgehead atoms. The minimum atomic E-state index is -0.0609. The van der Waals surface area contributed by atoms with E-state index in [-0.39, 0.29) is 11.7 Å². The minimum Gasteiger partial charge on any atom is -0.325 e. The number of aryl methyl sites for hydroxylation is 1. The Labute approximate surface area is 168 Å². The average molecular weight is 385 g/mol. The van der Waals surface area contributed by atoms with Gasteiger partial charge in [0.05, 0.1) is 11.4 Å². The predicted molar refractivity (Wildman–Crippen MR) is 116 cm³/mol. The Kier molecular flexibility index (Phi) is 5.35. The number of amides is 1. The van der Waals surface area contributed by atoms with Crippen molar-refractivity contribution in [1.82, 2.24) is 10.2 Å². The highest BCUT2D eigenvalue weighted by atomic mass is 32.2. The van der Waals surface area contributed by atoms with Gasteiger partial charge in [-0.2, -0.15) is 0 Å². The zero-order chi connectivity index (χ0) is 19.3. The Morgan fingerprint density at radius 2 is 1.68 bits per heavy atom. The van der Waals surface area contributed by atoms with Gasteiger partial charge in [-0.3, -0.25) is 4.79 Å². The van der Waals surface area contributed by atoms with E-state index in [1.807, 2.05) is 61.5 Å². The van der Waals surface area contributed by atoms with Crippen LogP contribution < -0.4 is 5.32 Å². The first-order valence-corrected chi connectivity index (χ1v) is 9.98. The summed E-state index contributed by atoms with van der Waals surface area (Å²) < 4.78 is 0. The molecule has 1 amide bonds. The van der Waals surface area contributed by atoms with Crippen LogP contribution in [0.2, 0.25) is 0 Å². The van der Waals surface area contributed by atoms with Crippen molar-refractivity contribution in [3.8, 4) is 11.3 Å². The summed E-state index contributed by atoms with van der Waals surface area (Å²) >= 11 is 1.37. The quantitative estimate of drug-likeness (QED) is 0.471. The van der Waals surface area contributed by atoms with Gasteiger partial charge in [0, 0.05) is 11.3 Å². The lowest BCUT2D eigenvalue weighted by Crippen LogP contribution is -2.14. The van der Waals surface area contributed by atoms with Crippen molar-refractivity contribution < 1.29 is 4.79 Å². The van der Waals surface area contributed by atoms with Gasteiger partial charge in [0.25, 0.3) is 0 Å². The van der Waals surface area contributed by atoms with Gasteiger partial charge in [-0.15, -0.1) is 10.2 Å². The second-order valence-corrected chi connectivity index (χ2v) is 7.52. The van der Waals surface area contributed by atoms with Crippen molar-refractivity contribution in [2.24, 2.45) is 0 Å². The Balaban J connectivity index is 1.38. The van der Waals surface area contributed by atoms with Crippen molar-refractivity contribution in [3.63, 3.8) is 0 Å². The van der Waals surface area contributed by atoms with E-state index in [9.17, 15) is 4.79 Å². The largest absolute Gasteiger partial charge is 0.325 e. The molecule has 4 aromatic rings. The van der Waals surface area contributed by atoms with Gasteiger partial charge in [-0.1, -0.05) is 65.9 Å². The van der Waals surface area contributed by atoms with E-state index in [0.29, 0.717) is 0 Å². The van der Waals surface area contributed by atoms with Crippen molar-refractivity contribution in [2.45, 2.75) is 11.9 Å². The van der Waals surface area contributed by atoms with Crippen LogP contribution in [0.4, 0.5) is 5.69 Å². The molecule has 0 aliphatic heterocycles. The van der Waals surface area contributed by atoms with E-state index >= 15 is 0 Å². The first kappa shape index (κ1) is 18.2. The number of anilines is 1. The third kappa shape index (κ3) is 4.38. The van der Waals surface area contributed by atoms with E-state index in [1.165, 1.54) is 22.5 Å². The van der Waals surface area contributed by atoms with Gasteiger partial charge in [0.2, 0.25) is 5.91 Å². The van der Waals surface area contributed by atoms with Gasteiger partial charge >= 0.3 is 0 Å². The number of carbonyl (C=O) groups excluding carboxylic acids is 1. The third-order valence-electron chi connectivity index (χ3n) is 4.37. The number of nitrogens with zero attached hydrogens (tertiary/aromatic N) is 2. The van der Waals surface area contributed by atoms with Gasteiger partial charge in [0.1, 0.15) is 5.03 Å². The number of rotatable bonds is 5. The van der Waals surface area contributed by atoms with Crippen LogP contribution in [-0.4, -0.2) is 21.9 Å². The van der Waals surface area contributed by atoms with Crippen molar-refractivity contribution in [3.05, 3.63) is 84.4 Å². The molecule has 1 heterocycles. The summed E-state index contributed by atoms with van der Waals surface area (Å²) in [6.07, 6.45) is 0. The fourth-order valence-electron chi connectivity index (χ4n) is 2.87. The number of benzene rings is 3. The zero-order valence-electron chi connectivity index (χ0n) is 15.4. The number of carbonyl (C=O) groups is 1. The topological polar surface area (TPSA) is 54.9 Å². The molecular weight excluding hydrogens is 366 g/mol. The number of nitrogens with one attached hydrogen (secondary N) is 1. The number of hydrogen-bond acceptors (Lipinski definition) is 4. The normalized spacial score (nSPS) is 10.8. The average Bonchev–Trinajstić information content (AvgIpc) is 2.74. The Morgan fingerprint density at radius 1 is 0.893 bits per heavy atom. The number of fused-ring (bicyclic) bond motifs is 1. The van der Waals surface area contributed by atoms with Crippen molar-refractivity contribution in [1.29, 1.82) is 0 Å². The molecule has 0 spiro atoms. The van der Waals surface area contributed by atoms with E-state index in [2.05, 4.69) is 39.8 Å². The van der Waals surface area contributed by atoms with E-state index in [1.54, 1.807) is 0 Å². The highest BCUT2D eigenvalue weighted by molar-refractivity contribution is 7.99. The minimum absolute atomic E-state index is 0.0609. The highest BCUT2D eigenvalue weighted by Gasteiger charge is 2.07. The Bertz CT molecular complexity index is 1110. The van der Waals surface area contributed by atoms with Crippen LogP contribution in [0.3, 0.4) is 0 Å². The molecule has 0 saturated heterocycles. The van der Waals surface area contributed by atoms with Gasteiger partial charge in [-0.05, 0) is 48.0 Å². The molecule has 0 aliphatic carbocycles. The second kappa shape index (κ2) is 8.23. The fourth-order valence-corrected chi connectivity index (χ4v) is 3.49. The summed E-state index contributed by atoms with van der Waals surface area (Å²) in [5.41, 5.74) is 3.81. The number of aromatic nitrogens is 2. The molecule has 0 unspecified atom stereocenters. The summed E-state index contributed by atoms with van der Waals surface area (Å²) in [6.45, 7) is 2.02. The van der Waals surface area contributed by atoms with Crippen LogP contribution in [0, 0.1) is 6.92 Å². The van der Waals surface area contributed by atoms with Crippen molar-refractivity contribution >= 4 is 34.1 Å². The molecule has 5 heteroatoms. The van der Waals surface area contributed by atoms with Crippen LogP contribution in [0.15, 0.2) is 83.9 Å². The summed E-state index contributed by atoms with van der Waals surface area (Å²) in [5, 5.41) is 14.6. The first-order chi connectivity index (χ1) is 13.7. The molecule has 28 heavy (non-hydrogen) atoms. The molecule has 0 radical (unpaired) electrons. The summed E-state index contributed by atoms with van der Waals surface area (Å²) in [5.74, 6) is 0.229. The van der Waals surface area contributed by atoms with Crippen LogP contribution >= 0.6 is 11.8 Å². The van der Waals surface area contributed by atoms with Gasteiger partial charge in [0.15, 0.2) is 0 Å². The Morgan fingerprint density at radius 3 is 2.43 bits per heavy atom. The van der Waals surface area contributed by atoms with Crippen LogP contribution in [-0.2, 0) is 4.79 Å². The van der Waals surface area contributed by atoms with Crippen molar-refractivity contribution in [2.75, 3.05) is 11.1 Å². The zero-order valence-corrected chi connectivity index (χ0v) is 16.2. The van der Waals surface area contributed by atoms with Gasteiger partial charge < -0.3 is 5.32 Å². The van der Waals surface area contributed by atoms with E-state index in [4.69, 9.17) is 0 Å². The molecule has 3 aromatic carbocycles. The van der Waals surface area contributed by atoms with E-state index < -0.39 is 0 Å². The third-order valence-corrected chi connectivity index (χ3v) is 5.29. The number of hydrogen-bond donors (Lipinski definition) is 1. The summed E-state index contributed by atoms with van der Waals surface area (Å²) in [6, 6.07) is 26.1. The monoisotopic (exact) mass is 385 g/mol. The lowest BCUT2D eigenvalue weighted by atomic mass is 10.1. The molecule has 0 fully saturated rings. The maximum absolute atomic E-state index is 12.1. The molecule has 138 valence electrons. The first-order valence-electron chi connectivity index (χ1n) is 9.00. The second-order valence-electron chi connectivity index (χ2n) is 6.52. The fraction of sp³-hybridized carbons (Fsp3) is 0.0870. The molecule has 0 saturated carbocycles. The molecule has 1 aromatic heterocycles. The summed E-state index contributed by atoms with van der Waals surface area (Å²) in [4.78, 5) is 12.1. The molecule has 4 nitrogen and oxygen atoms in total. The maximum Gasteiger partial charge on any atom is 0.234 e. The molecule has 0 aliphatic rings. The van der Waals surface area contributed by atoms with Crippen LogP contribution in [0.25, 0.3) is 22.0 Å². The summed E-state index contributed by atoms with van der Waals surface area (Å²) in [7, 11) is 0. The predicted octanol–water partition coefficient (Wildman–Crippen LogP) is 5.34. The molecule has 1 N–H and O–H groups in total. The van der Waals surface area contributed by atoms with Gasteiger partial charge in [-0.25, -0.2) is 0 Å². The molecular formula is C23H19N3OS. The molecule has 0 atom stereocenters. The number of thioether (sulfide) groups is 1. The standard InChI is InChI=1S/C23H19N3OS/c1-16-6-10-20(11-7-16)24-22(27)15-28-23-13-12-21(25-26-23)19-9-8-17-4-2-3-5-18(17)14-19/h2-14H,15H2,1H3,(H,24,27). The SMILES string of the molecule is Cc1ccc(NC(=O)CSc2ccc(-c3ccc4ccccc4c3)nn2)cc1. The molecule has 4 rings (SSSR count). The highest BCUT2D eigenvalue weighted by Crippen LogP contribution is 2.24. The smallest absolute Gasteiger partial charge is 0.234 e. The van der Waals surface area contributed by atoms with Crippen LogP contribution in [0.5, 0.6) is 0 Å². The lowest BCUT2D eigenvalue weighted by Gasteiger charge is -2.06. The van der Waals surface area contributed by atoms with E-state index in [0.717, 1.165) is 27.5 Å². The van der Waals surface area contributed by atoms with Crippen LogP contribution in [0.1, 0.15) is 5.56 Å². The Hall–Kier alpha value is -3.18. The lowest BCUT2D eigenvalue weighted by molar-refractivity contribution is -0.113. The maximum atomic E-state index is 12.1.